The van der Waals surface area contributed by atoms with Crippen molar-refractivity contribution in [2.75, 3.05) is 20.6 Å². The van der Waals surface area contributed by atoms with Crippen molar-refractivity contribution in [3.63, 3.8) is 0 Å². The summed E-state index contributed by atoms with van der Waals surface area (Å²) in [5, 5.41) is 49.9. The first-order valence-electron chi connectivity index (χ1n) is 16.9. The number of aliphatic hydroxyl groups excluding tert-OH is 2. The number of hydrogen-bond acceptors (Lipinski definition) is 11. The second-order valence-electron chi connectivity index (χ2n) is 14.4. The molecule has 0 aliphatic carbocycles. The maximum Gasteiger partial charge on any atom is 0.311 e. The Balaban J connectivity index is 2.03. The van der Waals surface area contributed by atoms with Gasteiger partial charge < -0.3 is 49.6 Å². The highest BCUT2D eigenvalue weighted by Gasteiger charge is 2.50. The number of nitrogens with one attached hydrogen (secondary N) is 1. The molecule has 2 fully saturated rings. The molecule has 0 bridgehead atoms. The predicted molar refractivity (Wildman–Crippen MR) is 175 cm³/mol. The molecule has 14 atom stereocenters. The van der Waals surface area contributed by atoms with Gasteiger partial charge >= 0.3 is 5.97 Å². The zero-order valence-electron chi connectivity index (χ0n) is 29.4. The average molecular weight is 653 g/mol. The molecule has 264 valence electrons. The van der Waals surface area contributed by atoms with Gasteiger partial charge in [-0.1, -0.05) is 39.0 Å². The number of benzene rings is 1. The molecule has 11 nitrogen and oxygen atoms in total. The van der Waals surface area contributed by atoms with Crippen LogP contribution >= 0.6 is 0 Å². The predicted octanol–water partition coefficient (Wildman–Crippen LogP) is 2.72. The van der Waals surface area contributed by atoms with Crippen molar-refractivity contribution in [1.29, 1.82) is 0 Å². The molecule has 3 rings (SSSR count). The normalized spacial score (nSPS) is 44.1. The third-order valence-electron chi connectivity index (χ3n) is 10.2. The van der Waals surface area contributed by atoms with Crippen LogP contribution in [0.4, 0.5) is 0 Å². The highest BCUT2D eigenvalue weighted by molar-refractivity contribution is 5.73. The Morgan fingerprint density at radius 3 is 2.28 bits per heavy atom. The topological polar surface area (TPSA) is 150 Å². The van der Waals surface area contributed by atoms with Gasteiger partial charge in [0.2, 0.25) is 0 Å². The van der Waals surface area contributed by atoms with Crippen molar-refractivity contribution in [1.82, 2.24) is 10.2 Å². The van der Waals surface area contributed by atoms with Crippen molar-refractivity contribution in [2.45, 2.75) is 141 Å². The molecule has 0 radical (unpaired) electrons. The van der Waals surface area contributed by atoms with Crippen LogP contribution in [0.5, 0.6) is 5.75 Å². The molecule has 0 spiro atoms. The third-order valence-corrected chi connectivity index (χ3v) is 10.2. The van der Waals surface area contributed by atoms with Crippen LogP contribution in [0.15, 0.2) is 30.3 Å². The van der Waals surface area contributed by atoms with E-state index in [9.17, 15) is 25.2 Å². The van der Waals surface area contributed by atoms with Gasteiger partial charge in [-0.25, -0.2) is 0 Å². The first-order valence-corrected chi connectivity index (χ1v) is 16.9. The maximum atomic E-state index is 13.5. The standard InChI is InChI=1S/C35H60N2O9/c1-11-27-35(8,42)30(39)24(6)37(10)19-20(2)18-34(7,41)31(22(4)28(38)23(5)32(40)45-27)46-33-29(26(36-9)17-21(3)43-33)44-25-15-13-12-14-16-25/h12-16,20-24,26-31,33,36,38-39,41-42H,11,17-19H2,1-10H3/t20-,21-,22+,23-,24-,26+,27-,28+,29-,30-,31-,33+,34-,35-/m1/s1. The molecule has 5 N–H and O–H groups in total. The molecule has 0 saturated carbocycles. The van der Waals surface area contributed by atoms with Gasteiger partial charge in [0.05, 0.1) is 35.9 Å². The number of rotatable bonds is 6. The van der Waals surface area contributed by atoms with Crippen molar-refractivity contribution < 1.29 is 44.2 Å². The van der Waals surface area contributed by atoms with Crippen LogP contribution in [0.3, 0.4) is 0 Å². The van der Waals surface area contributed by atoms with Gasteiger partial charge in [0.25, 0.3) is 0 Å². The van der Waals surface area contributed by atoms with E-state index >= 15 is 0 Å². The molecule has 1 aromatic carbocycles. The van der Waals surface area contributed by atoms with E-state index in [4.69, 9.17) is 18.9 Å². The summed E-state index contributed by atoms with van der Waals surface area (Å²) in [5.74, 6) is -1.96. The van der Waals surface area contributed by atoms with E-state index in [-0.39, 0.29) is 30.9 Å². The van der Waals surface area contributed by atoms with Crippen molar-refractivity contribution in [3.05, 3.63) is 30.3 Å². The highest BCUT2D eigenvalue weighted by atomic mass is 16.7. The summed E-state index contributed by atoms with van der Waals surface area (Å²) in [6, 6.07) is 8.77. The van der Waals surface area contributed by atoms with E-state index in [1.807, 2.05) is 70.1 Å². The van der Waals surface area contributed by atoms with Crippen molar-refractivity contribution in [2.24, 2.45) is 17.8 Å². The lowest BCUT2D eigenvalue weighted by molar-refractivity contribution is -0.290. The smallest absolute Gasteiger partial charge is 0.311 e. The fourth-order valence-electron chi connectivity index (χ4n) is 7.31. The molecule has 2 heterocycles. The Bertz CT molecular complexity index is 1090. The lowest BCUT2D eigenvalue weighted by atomic mass is 9.78. The number of carbonyl (C=O) groups excluding carboxylic acids is 1. The number of likely N-dealkylation sites (N-methyl/N-ethyl adjacent to an activating group) is 2. The molecular weight excluding hydrogens is 592 g/mol. The lowest BCUT2D eigenvalue weighted by Crippen LogP contribution is -2.60. The fraction of sp³-hybridized carbons (Fsp3) is 0.800. The van der Waals surface area contributed by atoms with Gasteiger partial charge in [-0.2, -0.15) is 0 Å². The number of cyclic esters (lactones) is 1. The second-order valence-corrected chi connectivity index (χ2v) is 14.4. The van der Waals surface area contributed by atoms with Crippen molar-refractivity contribution in [3.8, 4) is 5.75 Å². The first-order chi connectivity index (χ1) is 21.4. The summed E-state index contributed by atoms with van der Waals surface area (Å²) < 4.78 is 25.3. The van der Waals surface area contributed by atoms with Crippen molar-refractivity contribution >= 4 is 5.97 Å². The minimum absolute atomic E-state index is 0.0925. The van der Waals surface area contributed by atoms with Crippen LogP contribution < -0.4 is 10.1 Å². The Kier molecular flexibility index (Phi) is 13.5. The summed E-state index contributed by atoms with van der Waals surface area (Å²) in [4.78, 5) is 15.4. The Morgan fingerprint density at radius 1 is 1.07 bits per heavy atom. The molecule has 2 aliphatic rings. The van der Waals surface area contributed by atoms with Crippen LogP contribution in [-0.4, -0.2) is 118 Å². The molecule has 11 heteroatoms. The van der Waals surface area contributed by atoms with Crippen LogP contribution in [0.1, 0.15) is 74.7 Å². The minimum Gasteiger partial charge on any atom is -0.483 e. The van der Waals surface area contributed by atoms with E-state index in [1.165, 1.54) is 6.92 Å². The van der Waals surface area contributed by atoms with E-state index in [2.05, 4.69) is 5.32 Å². The van der Waals surface area contributed by atoms with Crippen LogP contribution in [0.2, 0.25) is 0 Å². The van der Waals surface area contributed by atoms with Crippen LogP contribution in [0.25, 0.3) is 0 Å². The molecule has 2 aliphatic heterocycles. The number of nitrogens with zero attached hydrogens (tertiary/aromatic N) is 1. The van der Waals surface area contributed by atoms with E-state index < -0.39 is 71.9 Å². The highest BCUT2D eigenvalue weighted by Crippen LogP contribution is 2.37. The zero-order chi connectivity index (χ0) is 34.6. The SMILES string of the molecule is CC[C@H]1OC(=O)[C@H](C)[C@@H](O)[C@H](C)[C@@H](O[C@@H]2O[C@H](C)C[C@H](NC)[C@H]2Oc2ccccc2)[C@](C)(O)C[C@@H](C)CN(C)[C@H](C)[C@@H](O)[C@]1(C)O. The maximum absolute atomic E-state index is 13.5. The van der Waals surface area contributed by atoms with Gasteiger partial charge in [-0.15, -0.1) is 0 Å². The quantitative estimate of drug-likeness (QED) is 0.289. The van der Waals surface area contributed by atoms with Crippen LogP contribution in [-0.2, 0) is 19.0 Å². The van der Waals surface area contributed by atoms with Gasteiger partial charge in [0, 0.05) is 18.5 Å². The van der Waals surface area contributed by atoms with Crippen LogP contribution in [0, 0.1) is 17.8 Å². The van der Waals surface area contributed by atoms with Gasteiger partial charge in [-0.3, -0.25) is 4.79 Å². The average Bonchev–Trinajstić information content (AvgIpc) is 3.00. The van der Waals surface area contributed by atoms with Gasteiger partial charge in [0.1, 0.15) is 23.6 Å². The first kappa shape index (κ1) is 38.6. The van der Waals surface area contributed by atoms with Gasteiger partial charge in [0.15, 0.2) is 12.4 Å². The summed E-state index contributed by atoms with van der Waals surface area (Å²) in [6.45, 7) is 14.5. The van der Waals surface area contributed by atoms with Gasteiger partial charge in [-0.05, 0) is 86.0 Å². The number of ether oxygens (including phenoxy) is 4. The third kappa shape index (κ3) is 8.99. The lowest BCUT2D eigenvalue weighted by Gasteiger charge is -2.46. The number of para-hydroxylation sites is 1. The van der Waals surface area contributed by atoms with E-state index in [0.717, 1.165) is 0 Å². The number of hydrogen-bond donors (Lipinski definition) is 5. The molecule has 0 aromatic heterocycles. The van der Waals surface area contributed by atoms with E-state index in [1.54, 1.807) is 27.7 Å². The monoisotopic (exact) mass is 652 g/mol. The molecule has 2 saturated heterocycles. The molecule has 0 unspecified atom stereocenters. The summed E-state index contributed by atoms with van der Waals surface area (Å²) in [6.07, 6.45) is -5.00. The fourth-order valence-corrected chi connectivity index (χ4v) is 7.31. The largest absolute Gasteiger partial charge is 0.483 e. The number of aliphatic hydroxyl groups is 4. The minimum atomic E-state index is -1.75. The number of esters is 1. The molecular formula is C35H60N2O9. The molecule has 0 amide bonds. The zero-order valence-corrected chi connectivity index (χ0v) is 29.4. The second kappa shape index (κ2) is 16.0. The Labute approximate surface area is 275 Å². The molecule has 1 aromatic rings. The summed E-state index contributed by atoms with van der Waals surface area (Å²) >= 11 is 0. The van der Waals surface area contributed by atoms with E-state index in [0.29, 0.717) is 18.7 Å². The molecule has 46 heavy (non-hydrogen) atoms. The Morgan fingerprint density at radius 2 is 1.70 bits per heavy atom. The number of carbonyl (C=O) groups is 1. The Hall–Kier alpha value is -1.83. The summed E-state index contributed by atoms with van der Waals surface area (Å²) in [7, 11) is 3.71. The summed E-state index contributed by atoms with van der Waals surface area (Å²) in [5.41, 5.74) is -3.23.